The van der Waals surface area contributed by atoms with Gasteiger partial charge in [0.25, 0.3) is 0 Å². The van der Waals surface area contributed by atoms with E-state index in [1.54, 1.807) is 0 Å². The van der Waals surface area contributed by atoms with E-state index in [1.807, 2.05) is 18.2 Å². The van der Waals surface area contributed by atoms with Gasteiger partial charge in [0.05, 0.1) is 22.2 Å². The molecule has 3 aromatic heterocycles. The normalized spacial score (nSPS) is 11.7. The summed E-state index contributed by atoms with van der Waals surface area (Å²) in [4.78, 5) is 10.4. The first-order valence-corrected chi connectivity index (χ1v) is 18.2. The van der Waals surface area contributed by atoms with Crippen LogP contribution in [0.5, 0.6) is 0 Å². The van der Waals surface area contributed by atoms with Gasteiger partial charge in [0.15, 0.2) is 0 Å². The third-order valence-corrected chi connectivity index (χ3v) is 10.6. The number of hydrogen-bond donors (Lipinski definition) is 0. The number of nitrogens with zero attached hydrogens (tertiary/aromatic N) is 3. The third-order valence-electron chi connectivity index (χ3n) is 10.6. The Morgan fingerprint density at radius 1 is 0.389 bits per heavy atom. The SMILES string of the molecule is c1ccc(-c2c3c(cc4c(-c5ccc(-c6ccc(-c7nc8ccccc8n7-c7ccccc7)cc6)cc5)nc5ccccc5c24)oc2ccccc23)cc1. The molecule has 0 aliphatic carbocycles. The summed E-state index contributed by atoms with van der Waals surface area (Å²) in [7, 11) is 0. The molecule has 0 N–H and O–H groups in total. The lowest BCUT2D eigenvalue weighted by atomic mass is 9.89. The van der Waals surface area contributed by atoms with Crippen LogP contribution in [-0.2, 0) is 0 Å². The molecule has 0 fully saturated rings. The molecule has 3 heterocycles. The minimum atomic E-state index is 0.860. The quantitative estimate of drug-likeness (QED) is 0.169. The minimum Gasteiger partial charge on any atom is -0.456 e. The van der Waals surface area contributed by atoms with Crippen molar-refractivity contribution in [3.8, 4) is 50.6 Å². The van der Waals surface area contributed by atoms with Gasteiger partial charge in [-0.25, -0.2) is 9.97 Å². The maximum atomic E-state index is 6.56. The summed E-state index contributed by atoms with van der Waals surface area (Å²) in [5.74, 6) is 0.923. The molecule has 0 radical (unpaired) electrons. The number of aromatic nitrogens is 3. The standard InChI is InChI=1S/C50H31N3O/c1-3-13-34(14-4-1)46-47-38-17-7-9-19-41(38)51-49(40(47)31-45-48(46)39-18-8-12-22-44(39)54-45)35-27-23-32(24-28-35)33-25-29-36(30-26-33)50-52-42-20-10-11-21-43(42)53(50)37-15-5-2-6-16-37/h1-31H. The number of pyridine rings is 1. The van der Waals surface area contributed by atoms with Crippen molar-refractivity contribution in [3.63, 3.8) is 0 Å². The Labute approximate surface area is 311 Å². The minimum absolute atomic E-state index is 0.860. The zero-order valence-corrected chi connectivity index (χ0v) is 29.1. The van der Waals surface area contributed by atoms with Crippen molar-refractivity contribution in [3.05, 3.63) is 188 Å². The molecule has 0 spiro atoms. The zero-order valence-electron chi connectivity index (χ0n) is 29.1. The van der Waals surface area contributed by atoms with Gasteiger partial charge in [-0.1, -0.05) is 146 Å². The number of hydrogen-bond acceptors (Lipinski definition) is 3. The second-order valence-corrected chi connectivity index (χ2v) is 13.7. The predicted molar refractivity (Wildman–Crippen MR) is 223 cm³/mol. The van der Waals surface area contributed by atoms with Crippen molar-refractivity contribution >= 4 is 54.6 Å². The molecule has 54 heavy (non-hydrogen) atoms. The molecule has 0 saturated heterocycles. The number of benzene rings is 8. The summed E-state index contributed by atoms with van der Waals surface area (Å²) < 4.78 is 8.80. The molecule has 0 saturated carbocycles. The highest BCUT2D eigenvalue weighted by Gasteiger charge is 2.21. The number of furan rings is 1. The molecule has 0 aliphatic rings. The van der Waals surface area contributed by atoms with E-state index in [2.05, 4.69) is 174 Å². The van der Waals surface area contributed by atoms with Crippen molar-refractivity contribution in [1.29, 1.82) is 0 Å². The van der Waals surface area contributed by atoms with Crippen LogP contribution < -0.4 is 0 Å². The van der Waals surface area contributed by atoms with Gasteiger partial charge < -0.3 is 4.42 Å². The predicted octanol–water partition coefficient (Wildman–Crippen LogP) is 13.3. The average molecular weight is 690 g/mol. The highest BCUT2D eigenvalue weighted by molar-refractivity contribution is 6.27. The van der Waals surface area contributed by atoms with Gasteiger partial charge in [0.1, 0.15) is 17.0 Å². The van der Waals surface area contributed by atoms with Gasteiger partial charge in [-0.05, 0) is 59.2 Å². The highest BCUT2D eigenvalue weighted by Crippen LogP contribution is 2.46. The summed E-state index contributed by atoms with van der Waals surface area (Å²) in [5.41, 5.74) is 13.5. The lowest BCUT2D eigenvalue weighted by molar-refractivity contribution is 0.669. The second kappa shape index (κ2) is 12.1. The summed E-state index contributed by atoms with van der Waals surface area (Å²) in [5, 5.41) is 5.62. The third kappa shape index (κ3) is 4.78. The first kappa shape index (κ1) is 30.3. The Kier molecular flexibility index (Phi) is 6.82. The molecule has 4 nitrogen and oxygen atoms in total. The van der Waals surface area contributed by atoms with Gasteiger partial charge >= 0.3 is 0 Å². The summed E-state index contributed by atoms with van der Waals surface area (Å²) in [6.07, 6.45) is 0. The van der Waals surface area contributed by atoms with E-state index in [0.717, 1.165) is 94.3 Å². The molecular weight excluding hydrogens is 659 g/mol. The number of rotatable bonds is 5. The van der Waals surface area contributed by atoms with E-state index in [0.29, 0.717) is 0 Å². The summed E-state index contributed by atoms with van der Waals surface area (Å²) in [6, 6.07) is 65.9. The lowest BCUT2D eigenvalue weighted by Crippen LogP contribution is -1.97. The van der Waals surface area contributed by atoms with E-state index in [1.165, 1.54) is 10.9 Å². The lowest BCUT2D eigenvalue weighted by Gasteiger charge is -2.16. The topological polar surface area (TPSA) is 43.9 Å². The molecule has 0 unspecified atom stereocenters. The molecule has 0 atom stereocenters. The monoisotopic (exact) mass is 689 g/mol. The fraction of sp³-hybridized carbons (Fsp3) is 0. The summed E-state index contributed by atoms with van der Waals surface area (Å²) >= 11 is 0. The van der Waals surface area contributed by atoms with Crippen LogP contribution in [0.25, 0.3) is 105 Å². The van der Waals surface area contributed by atoms with Crippen LogP contribution in [0, 0.1) is 0 Å². The average Bonchev–Trinajstić information content (AvgIpc) is 3.82. The van der Waals surface area contributed by atoms with Crippen molar-refractivity contribution in [1.82, 2.24) is 14.5 Å². The van der Waals surface area contributed by atoms with Crippen LogP contribution in [0.1, 0.15) is 0 Å². The van der Waals surface area contributed by atoms with Crippen LogP contribution in [0.2, 0.25) is 0 Å². The molecule has 8 aromatic carbocycles. The van der Waals surface area contributed by atoms with E-state index >= 15 is 0 Å². The van der Waals surface area contributed by atoms with Crippen molar-refractivity contribution in [2.24, 2.45) is 0 Å². The first-order chi connectivity index (χ1) is 26.8. The Hall–Kier alpha value is -7.30. The van der Waals surface area contributed by atoms with E-state index < -0.39 is 0 Å². The van der Waals surface area contributed by atoms with E-state index in [4.69, 9.17) is 14.4 Å². The fourth-order valence-corrected chi connectivity index (χ4v) is 8.12. The van der Waals surface area contributed by atoms with E-state index in [9.17, 15) is 0 Å². The van der Waals surface area contributed by atoms with Gasteiger partial charge in [-0.15, -0.1) is 0 Å². The zero-order chi connectivity index (χ0) is 35.6. The smallest absolute Gasteiger partial charge is 0.145 e. The van der Waals surface area contributed by atoms with Crippen molar-refractivity contribution < 1.29 is 4.42 Å². The molecule has 0 aliphatic heterocycles. The number of imidazole rings is 1. The molecule has 0 bridgehead atoms. The fourth-order valence-electron chi connectivity index (χ4n) is 8.12. The molecule has 252 valence electrons. The van der Waals surface area contributed by atoms with Gasteiger partial charge in [0.2, 0.25) is 0 Å². The van der Waals surface area contributed by atoms with Crippen LogP contribution in [0.15, 0.2) is 192 Å². The molecule has 11 aromatic rings. The van der Waals surface area contributed by atoms with Crippen LogP contribution in [0.3, 0.4) is 0 Å². The Bertz CT molecular complexity index is 3180. The number of fused-ring (bicyclic) bond motifs is 7. The maximum Gasteiger partial charge on any atom is 0.145 e. The molecule has 0 amide bonds. The molecule has 11 rings (SSSR count). The van der Waals surface area contributed by atoms with Gasteiger partial charge in [-0.3, -0.25) is 4.57 Å². The van der Waals surface area contributed by atoms with Gasteiger partial charge in [0, 0.05) is 49.3 Å². The van der Waals surface area contributed by atoms with Crippen molar-refractivity contribution in [2.75, 3.05) is 0 Å². The largest absolute Gasteiger partial charge is 0.456 e. The first-order valence-electron chi connectivity index (χ1n) is 18.2. The summed E-state index contributed by atoms with van der Waals surface area (Å²) in [6.45, 7) is 0. The second-order valence-electron chi connectivity index (χ2n) is 13.7. The highest BCUT2D eigenvalue weighted by atomic mass is 16.3. The Balaban J connectivity index is 1.05. The Morgan fingerprint density at radius 3 is 1.74 bits per heavy atom. The van der Waals surface area contributed by atoms with Crippen LogP contribution in [-0.4, -0.2) is 14.5 Å². The van der Waals surface area contributed by atoms with E-state index in [-0.39, 0.29) is 0 Å². The maximum absolute atomic E-state index is 6.56. The Morgan fingerprint density at radius 2 is 0.981 bits per heavy atom. The van der Waals surface area contributed by atoms with Crippen LogP contribution in [0.4, 0.5) is 0 Å². The molecule has 4 heteroatoms. The van der Waals surface area contributed by atoms with Crippen LogP contribution >= 0.6 is 0 Å². The molecular formula is C50H31N3O. The van der Waals surface area contributed by atoms with Gasteiger partial charge in [-0.2, -0.15) is 0 Å². The van der Waals surface area contributed by atoms with Crippen molar-refractivity contribution in [2.45, 2.75) is 0 Å². The number of para-hydroxylation sites is 5.